The van der Waals surface area contributed by atoms with Crippen LogP contribution in [0.1, 0.15) is 26.3 Å². The molecule has 0 spiro atoms. The van der Waals surface area contributed by atoms with Crippen LogP contribution in [0.5, 0.6) is 0 Å². The largest absolute Gasteiger partial charge is 0.488 e. The molecule has 0 bridgehead atoms. The number of nitrogens with one attached hydrogen (secondary N) is 1. The molecule has 0 aliphatic heterocycles. The van der Waals surface area contributed by atoms with Crippen molar-refractivity contribution in [3.63, 3.8) is 0 Å². The summed E-state index contributed by atoms with van der Waals surface area (Å²) in [6.07, 6.45) is 4.77. The van der Waals surface area contributed by atoms with E-state index in [0.717, 1.165) is 0 Å². The van der Waals surface area contributed by atoms with E-state index in [9.17, 15) is 9.59 Å². The Labute approximate surface area is 193 Å². The van der Waals surface area contributed by atoms with Gasteiger partial charge in [-0.2, -0.15) is 10.4 Å². The van der Waals surface area contributed by atoms with Crippen molar-refractivity contribution in [1.82, 2.24) is 5.32 Å². The number of benzene rings is 1. The lowest BCUT2D eigenvalue weighted by Crippen LogP contribution is -2.33. The van der Waals surface area contributed by atoms with Gasteiger partial charge in [-0.15, -0.1) is 0 Å². The van der Waals surface area contributed by atoms with Crippen LogP contribution in [0.3, 0.4) is 0 Å². The van der Waals surface area contributed by atoms with Crippen LogP contribution in [0.25, 0.3) is 0 Å². The summed E-state index contributed by atoms with van der Waals surface area (Å²) in [6.45, 7) is 12.8. The Kier molecular flexibility index (Phi) is 10.5. The third kappa shape index (κ3) is 8.50. The molecule has 0 unspecified atom stereocenters. The number of hydrogen-bond acceptors (Lipinski definition) is 6. The van der Waals surface area contributed by atoms with Gasteiger partial charge in [0.25, 0.3) is 5.91 Å². The highest BCUT2D eigenvalue weighted by atomic mass is 35.5. The van der Waals surface area contributed by atoms with Gasteiger partial charge in [-0.25, -0.2) is 5.01 Å². The van der Waals surface area contributed by atoms with Crippen molar-refractivity contribution < 1.29 is 14.3 Å². The minimum atomic E-state index is -0.644. The maximum atomic E-state index is 11.8. The Balaban J connectivity index is 2.83. The molecule has 9 heteroatoms. The number of carbonyl (C=O) groups excluding carboxylic acids is 2. The molecule has 3 N–H and O–H groups in total. The number of primary amides is 1. The number of nitrogens with two attached hydrogens (primary N) is 1. The standard InChI is InChI=1S/C23H26ClN5O3/c1-6-20(10-7-16(4)23(31)27-13-22(26)30)32-14-17(5)28-29(15(2)3)19-9-8-18(12-25)21(24)11-19/h6-11H,2,4,13-14H2,1,3,5H3,(H2,26,30)(H,27,31)/b10-7-,20-6+,28-17-. The minimum Gasteiger partial charge on any atom is -0.488 e. The number of anilines is 1. The number of rotatable bonds is 11. The van der Waals surface area contributed by atoms with Crippen molar-refractivity contribution in [2.75, 3.05) is 18.2 Å². The number of carbonyl (C=O) groups is 2. The molecule has 0 aromatic heterocycles. The summed E-state index contributed by atoms with van der Waals surface area (Å²) in [5.74, 6) is -0.660. The Hall–Kier alpha value is -3.83. The molecule has 1 rings (SSSR count). The average molecular weight is 456 g/mol. The van der Waals surface area contributed by atoms with Crippen LogP contribution in [-0.2, 0) is 14.3 Å². The summed E-state index contributed by atoms with van der Waals surface area (Å²) in [6, 6.07) is 7.00. The second-order valence-electron chi connectivity index (χ2n) is 6.65. The van der Waals surface area contributed by atoms with Crippen LogP contribution in [0.4, 0.5) is 5.69 Å². The molecule has 0 aliphatic carbocycles. The number of nitrogens with zero attached hydrogens (tertiary/aromatic N) is 3. The number of ether oxygens (including phenoxy) is 1. The van der Waals surface area contributed by atoms with E-state index in [1.807, 2.05) is 6.07 Å². The first-order valence-corrected chi connectivity index (χ1v) is 9.88. The lowest BCUT2D eigenvalue weighted by molar-refractivity contribution is -0.122. The first-order valence-electron chi connectivity index (χ1n) is 9.51. The second-order valence-corrected chi connectivity index (χ2v) is 7.05. The van der Waals surface area contributed by atoms with E-state index < -0.39 is 11.8 Å². The van der Waals surface area contributed by atoms with Crippen molar-refractivity contribution in [2.45, 2.75) is 20.8 Å². The van der Waals surface area contributed by atoms with E-state index >= 15 is 0 Å². The quantitative estimate of drug-likeness (QED) is 0.174. The van der Waals surface area contributed by atoms with Crippen molar-refractivity contribution in [3.05, 3.63) is 77.2 Å². The molecule has 0 saturated heterocycles. The molecule has 8 nitrogen and oxygen atoms in total. The van der Waals surface area contributed by atoms with Gasteiger partial charge in [0.05, 0.1) is 28.5 Å². The molecule has 2 amide bonds. The topological polar surface area (TPSA) is 121 Å². The Bertz CT molecular complexity index is 1030. The molecule has 168 valence electrons. The number of hydrazone groups is 1. The molecule has 1 aromatic carbocycles. The normalized spacial score (nSPS) is 11.6. The summed E-state index contributed by atoms with van der Waals surface area (Å²) < 4.78 is 5.73. The summed E-state index contributed by atoms with van der Waals surface area (Å²) >= 11 is 6.13. The van der Waals surface area contributed by atoms with Gasteiger partial charge in [0.2, 0.25) is 5.91 Å². The molecule has 0 radical (unpaired) electrons. The van der Waals surface area contributed by atoms with Gasteiger partial charge < -0.3 is 15.8 Å². The first kappa shape index (κ1) is 26.2. The average Bonchev–Trinajstić information content (AvgIpc) is 2.75. The fraction of sp³-hybridized carbons (Fsp3) is 0.217. The molecule has 0 atom stereocenters. The smallest absolute Gasteiger partial charge is 0.251 e. The number of allylic oxidation sites excluding steroid dienone is 3. The van der Waals surface area contributed by atoms with Gasteiger partial charge in [0.15, 0.2) is 0 Å². The van der Waals surface area contributed by atoms with E-state index in [0.29, 0.717) is 33.4 Å². The van der Waals surface area contributed by atoms with Crippen molar-refractivity contribution in [1.29, 1.82) is 5.26 Å². The first-order chi connectivity index (χ1) is 15.1. The highest BCUT2D eigenvalue weighted by Crippen LogP contribution is 2.25. The summed E-state index contributed by atoms with van der Waals surface area (Å²) in [5.41, 5.74) is 7.45. The minimum absolute atomic E-state index is 0.144. The molecule has 32 heavy (non-hydrogen) atoms. The zero-order chi connectivity index (χ0) is 24.3. The van der Waals surface area contributed by atoms with Crippen LogP contribution < -0.4 is 16.1 Å². The van der Waals surface area contributed by atoms with Crippen molar-refractivity contribution in [3.8, 4) is 6.07 Å². The molecule has 0 fully saturated rings. The third-order valence-corrected chi connectivity index (χ3v) is 4.16. The van der Waals surface area contributed by atoms with E-state index in [1.165, 1.54) is 6.08 Å². The van der Waals surface area contributed by atoms with Crippen LogP contribution in [0.15, 0.2) is 71.7 Å². The Morgan fingerprint density at radius 1 is 1.34 bits per heavy atom. The predicted molar refractivity (Wildman–Crippen MR) is 127 cm³/mol. The van der Waals surface area contributed by atoms with Crippen molar-refractivity contribution in [2.24, 2.45) is 10.8 Å². The van der Waals surface area contributed by atoms with Gasteiger partial charge in [-0.05, 0) is 57.2 Å². The lowest BCUT2D eigenvalue weighted by Gasteiger charge is -2.21. The maximum Gasteiger partial charge on any atom is 0.251 e. The second kappa shape index (κ2) is 12.8. The fourth-order valence-corrected chi connectivity index (χ4v) is 2.46. The molecular formula is C23H26ClN5O3. The van der Waals surface area contributed by atoms with Crippen LogP contribution >= 0.6 is 11.6 Å². The van der Waals surface area contributed by atoms with Crippen LogP contribution in [0.2, 0.25) is 5.02 Å². The van der Waals surface area contributed by atoms with Gasteiger partial charge in [0, 0.05) is 11.3 Å². The molecule has 0 saturated carbocycles. The summed E-state index contributed by atoms with van der Waals surface area (Å²) in [4.78, 5) is 22.5. The SMILES string of the molecule is C=C(/C=C\C(=C/C)OC/C(C)=N\N(C(=C)C)c1ccc(C#N)c(Cl)c1)C(=O)NCC(N)=O. The van der Waals surface area contributed by atoms with Gasteiger partial charge in [-0.1, -0.05) is 24.8 Å². The van der Waals surface area contributed by atoms with E-state index in [2.05, 4.69) is 23.6 Å². The lowest BCUT2D eigenvalue weighted by atomic mass is 10.2. The predicted octanol–water partition coefficient (Wildman–Crippen LogP) is 3.56. The van der Waals surface area contributed by atoms with E-state index in [1.54, 1.807) is 56.1 Å². The van der Waals surface area contributed by atoms with Gasteiger partial charge in [0.1, 0.15) is 18.4 Å². The van der Waals surface area contributed by atoms with E-state index in [-0.39, 0.29) is 18.7 Å². The fourth-order valence-electron chi connectivity index (χ4n) is 2.24. The van der Waals surface area contributed by atoms with Crippen LogP contribution in [0, 0.1) is 11.3 Å². The monoisotopic (exact) mass is 455 g/mol. The van der Waals surface area contributed by atoms with Gasteiger partial charge >= 0.3 is 0 Å². The molecular weight excluding hydrogens is 430 g/mol. The Morgan fingerprint density at radius 2 is 2.03 bits per heavy atom. The maximum absolute atomic E-state index is 11.8. The Morgan fingerprint density at radius 3 is 2.56 bits per heavy atom. The van der Waals surface area contributed by atoms with Gasteiger partial charge in [-0.3, -0.25) is 9.59 Å². The van der Waals surface area contributed by atoms with Crippen LogP contribution in [-0.4, -0.2) is 30.7 Å². The zero-order valence-corrected chi connectivity index (χ0v) is 19.1. The number of hydrogen-bond donors (Lipinski definition) is 2. The number of amides is 2. The summed E-state index contributed by atoms with van der Waals surface area (Å²) in [7, 11) is 0. The highest BCUT2D eigenvalue weighted by Gasteiger charge is 2.10. The molecule has 0 aliphatic rings. The zero-order valence-electron chi connectivity index (χ0n) is 18.3. The number of halogens is 1. The summed E-state index contributed by atoms with van der Waals surface area (Å²) in [5, 5.41) is 17.8. The number of nitriles is 1. The van der Waals surface area contributed by atoms with E-state index in [4.69, 9.17) is 27.3 Å². The highest BCUT2D eigenvalue weighted by molar-refractivity contribution is 6.32. The molecule has 0 heterocycles. The van der Waals surface area contributed by atoms with Crippen molar-refractivity contribution >= 4 is 34.8 Å². The third-order valence-electron chi connectivity index (χ3n) is 3.85. The molecule has 1 aromatic rings.